The van der Waals surface area contributed by atoms with Crippen molar-refractivity contribution in [2.24, 2.45) is 5.73 Å². The van der Waals surface area contributed by atoms with Crippen LogP contribution in [0.25, 0.3) is 0 Å². The quantitative estimate of drug-likeness (QED) is 0.842. The Hall–Kier alpha value is -2.27. The second kappa shape index (κ2) is 7.77. The molecule has 0 spiro atoms. The second-order valence-electron chi connectivity index (χ2n) is 6.36. The third-order valence-corrected chi connectivity index (χ3v) is 5.08. The van der Waals surface area contributed by atoms with E-state index in [0.717, 1.165) is 17.3 Å². The summed E-state index contributed by atoms with van der Waals surface area (Å²) in [5, 5.41) is 0.421. The lowest BCUT2D eigenvalue weighted by Crippen LogP contribution is -2.49. The number of hydrogen-bond donors (Lipinski definition) is 1. The Bertz CT molecular complexity index is 784. The molecule has 2 aromatic rings. The number of thiazole rings is 1. The fraction of sp³-hybridized carbons (Fsp3) is 0.500. The van der Waals surface area contributed by atoms with Crippen molar-refractivity contribution in [3.63, 3.8) is 0 Å². The Labute approximate surface area is 158 Å². The van der Waals surface area contributed by atoms with Crippen LogP contribution in [0.15, 0.2) is 18.6 Å². The highest BCUT2D eigenvalue weighted by molar-refractivity contribution is 7.13. The Kier molecular flexibility index (Phi) is 5.61. The third-order valence-electron chi connectivity index (χ3n) is 4.07. The molecule has 1 atom stereocenters. The van der Waals surface area contributed by atoms with E-state index in [-0.39, 0.29) is 17.9 Å². The first-order valence-corrected chi connectivity index (χ1v) is 9.19. The molecule has 146 valence electrons. The molecule has 0 saturated carbocycles. The zero-order valence-electron chi connectivity index (χ0n) is 14.6. The topological polar surface area (TPSA) is 88.2 Å². The van der Waals surface area contributed by atoms with Crippen molar-refractivity contribution in [1.29, 1.82) is 0 Å². The van der Waals surface area contributed by atoms with Gasteiger partial charge >= 0.3 is 6.18 Å². The number of carbonyl (C=O) groups is 1. The largest absolute Gasteiger partial charge is 0.419 e. The van der Waals surface area contributed by atoms with Crippen LogP contribution < -0.4 is 10.6 Å². The van der Waals surface area contributed by atoms with Crippen molar-refractivity contribution in [3.8, 4) is 0 Å². The van der Waals surface area contributed by atoms with Gasteiger partial charge in [-0.15, -0.1) is 11.3 Å². The lowest BCUT2D eigenvalue weighted by molar-refractivity contribution is -0.138. The van der Waals surface area contributed by atoms with Crippen LogP contribution in [-0.2, 0) is 12.6 Å². The molecule has 1 aliphatic heterocycles. The van der Waals surface area contributed by atoms with Gasteiger partial charge in [0.15, 0.2) is 5.01 Å². The molecule has 27 heavy (non-hydrogen) atoms. The predicted molar refractivity (Wildman–Crippen MR) is 94.6 cm³/mol. The van der Waals surface area contributed by atoms with Crippen molar-refractivity contribution < 1.29 is 18.0 Å². The van der Waals surface area contributed by atoms with Gasteiger partial charge in [-0.2, -0.15) is 13.2 Å². The molecule has 2 aromatic heterocycles. The molecule has 1 fully saturated rings. The van der Waals surface area contributed by atoms with Crippen LogP contribution in [0.2, 0.25) is 0 Å². The van der Waals surface area contributed by atoms with Gasteiger partial charge in [0.1, 0.15) is 0 Å². The smallest absolute Gasteiger partial charge is 0.337 e. The van der Waals surface area contributed by atoms with Crippen LogP contribution in [-0.4, -0.2) is 58.0 Å². The maximum Gasteiger partial charge on any atom is 0.419 e. The van der Waals surface area contributed by atoms with E-state index in [1.807, 2.05) is 6.92 Å². The van der Waals surface area contributed by atoms with Crippen LogP contribution in [0.3, 0.4) is 0 Å². The van der Waals surface area contributed by atoms with Crippen LogP contribution in [0.1, 0.15) is 27.2 Å². The molecular formula is C16H19F3N6OS. The number of halogens is 3. The van der Waals surface area contributed by atoms with Gasteiger partial charge in [-0.1, -0.05) is 0 Å². The molecule has 7 nitrogen and oxygen atoms in total. The van der Waals surface area contributed by atoms with Gasteiger partial charge in [0.25, 0.3) is 5.91 Å². The van der Waals surface area contributed by atoms with E-state index in [2.05, 4.69) is 15.0 Å². The van der Waals surface area contributed by atoms with Gasteiger partial charge in [-0.25, -0.2) is 15.0 Å². The number of rotatable bonds is 4. The van der Waals surface area contributed by atoms with E-state index < -0.39 is 11.7 Å². The van der Waals surface area contributed by atoms with Crippen molar-refractivity contribution >= 4 is 23.2 Å². The lowest BCUT2D eigenvalue weighted by atomic mass is 10.2. The van der Waals surface area contributed by atoms with Crippen LogP contribution >= 0.6 is 11.3 Å². The third kappa shape index (κ3) is 4.72. The number of nitrogens with two attached hydrogens (primary N) is 1. The maximum absolute atomic E-state index is 12.6. The summed E-state index contributed by atoms with van der Waals surface area (Å²) in [7, 11) is 0. The van der Waals surface area contributed by atoms with Gasteiger partial charge in [0.05, 0.1) is 5.56 Å². The van der Waals surface area contributed by atoms with Crippen molar-refractivity contribution in [3.05, 3.63) is 34.0 Å². The zero-order valence-corrected chi connectivity index (χ0v) is 15.4. The number of nitrogens with zero attached hydrogens (tertiary/aromatic N) is 5. The van der Waals surface area contributed by atoms with Crippen LogP contribution in [0.5, 0.6) is 0 Å². The molecule has 1 unspecified atom stereocenters. The Balaban J connectivity index is 1.58. The molecule has 2 N–H and O–H groups in total. The fourth-order valence-corrected chi connectivity index (χ4v) is 3.72. The second-order valence-corrected chi connectivity index (χ2v) is 7.48. The maximum atomic E-state index is 12.6. The minimum Gasteiger partial charge on any atom is -0.337 e. The Morgan fingerprint density at radius 3 is 2.37 bits per heavy atom. The summed E-state index contributed by atoms with van der Waals surface area (Å²) < 4.78 is 37.8. The average Bonchev–Trinajstić information content (AvgIpc) is 3.08. The molecule has 0 aromatic carbocycles. The molecule has 1 amide bonds. The van der Waals surface area contributed by atoms with E-state index in [1.165, 1.54) is 11.3 Å². The Morgan fingerprint density at radius 2 is 1.81 bits per heavy atom. The number of amides is 1. The molecule has 3 heterocycles. The van der Waals surface area contributed by atoms with Crippen LogP contribution in [0, 0.1) is 0 Å². The van der Waals surface area contributed by atoms with Gasteiger partial charge in [-0.3, -0.25) is 4.79 Å². The predicted octanol–water partition coefficient (Wildman–Crippen LogP) is 1.80. The summed E-state index contributed by atoms with van der Waals surface area (Å²) in [6.07, 6.45) is -0.569. The standard InChI is InChI=1S/C16H19F3N6OS/c1-10(20)6-12-9-21-13(27-12)14(26)24-2-4-25(5-3-24)15-22-7-11(8-23-15)16(17,18)19/h7-10H,2-6,20H2,1H3. The van der Waals surface area contributed by atoms with Gasteiger partial charge in [-0.05, 0) is 13.3 Å². The van der Waals surface area contributed by atoms with Crippen molar-refractivity contribution in [2.75, 3.05) is 31.1 Å². The van der Waals surface area contributed by atoms with Crippen molar-refractivity contribution in [2.45, 2.75) is 25.6 Å². The highest BCUT2D eigenvalue weighted by atomic mass is 32.1. The summed E-state index contributed by atoms with van der Waals surface area (Å²) in [4.78, 5) is 28.7. The average molecular weight is 400 g/mol. The molecule has 11 heteroatoms. The van der Waals surface area contributed by atoms with E-state index in [9.17, 15) is 18.0 Å². The number of carbonyl (C=O) groups excluding carboxylic acids is 1. The van der Waals surface area contributed by atoms with Gasteiger partial charge < -0.3 is 15.5 Å². The number of aromatic nitrogens is 3. The van der Waals surface area contributed by atoms with E-state index >= 15 is 0 Å². The molecule has 0 bridgehead atoms. The molecule has 0 aliphatic carbocycles. The molecule has 3 rings (SSSR count). The minimum atomic E-state index is -4.46. The number of anilines is 1. The van der Waals surface area contributed by atoms with Gasteiger partial charge in [0.2, 0.25) is 5.95 Å². The number of hydrogen-bond acceptors (Lipinski definition) is 7. The SMILES string of the molecule is CC(N)Cc1cnc(C(=O)N2CCN(c3ncc(C(F)(F)F)cn3)CC2)s1. The summed E-state index contributed by atoms with van der Waals surface area (Å²) in [6.45, 7) is 3.62. The highest BCUT2D eigenvalue weighted by Gasteiger charge is 2.32. The number of alkyl halides is 3. The number of piperazine rings is 1. The molecule has 1 aliphatic rings. The van der Waals surface area contributed by atoms with E-state index in [1.54, 1.807) is 16.0 Å². The monoisotopic (exact) mass is 400 g/mol. The lowest BCUT2D eigenvalue weighted by Gasteiger charge is -2.34. The summed E-state index contributed by atoms with van der Waals surface area (Å²) in [5.74, 6) is 0.0764. The summed E-state index contributed by atoms with van der Waals surface area (Å²) in [6, 6.07) is 0.000631. The fourth-order valence-electron chi connectivity index (χ4n) is 2.69. The minimum absolute atomic E-state index is 0.000631. The first-order valence-electron chi connectivity index (χ1n) is 8.38. The molecular weight excluding hydrogens is 381 g/mol. The molecule has 0 radical (unpaired) electrons. The summed E-state index contributed by atoms with van der Waals surface area (Å²) >= 11 is 1.34. The van der Waals surface area contributed by atoms with Crippen molar-refractivity contribution in [1.82, 2.24) is 19.9 Å². The zero-order chi connectivity index (χ0) is 19.6. The van der Waals surface area contributed by atoms with E-state index in [4.69, 9.17) is 5.73 Å². The highest BCUT2D eigenvalue weighted by Crippen LogP contribution is 2.28. The summed E-state index contributed by atoms with van der Waals surface area (Å²) in [5.41, 5.74) is 4.88. The normalized spacial score (nSPS) is 16.5. The first-order chi connectivity index (χ1) is 12.7. The molecule has 1 saturated heterocycles. The Morgan fingerprint density at radius 1 is 1.19 bits per heavy atom. The first kappa shape index (κ1) is 19.5. The van der Waals surface area contributed by atoms with Gasteiger partial charge in [0, 0.05) is 55.7 Å². The van der Waals surface area contributed by atoms with Crippen LogP contribution in [0.4, 0.5) is 19.1 Å². The van der Waals surface area contributed by atoms with E-state index in [0.29, 0.717) is 37.6 Å².